The summed E-state index contributed by atoms with van der Waals surface area (Å²) in [5, 5.41) is 8.20. The molecule has 0 bridgehead atoms. The number of carbonyl (C=O) groups is 1. The van der Waals surface area contributed by atoms with Gasteiger partial charge in [0.25, 0.3) is 0 Å². The smallest absolute Gasteiger partial charge is 0.303 e. The van der Waals surface area contributed by atoms with Crippen LogP contribution in [0.5, 0.6) is 0 Å². The van der Waals surface area contributed by atoms with Gasteiger partial charge in [-0.3, -0.25) is 4.79 Å². The van der Waals surface area contributed by atoms with E-state index in [9.17, 15) is 13.6 Å². The molecule has 4 rings (SSSR count). The van der Waals surface area contributed by atoms with Crippen molar-refractivity contribution in [1.82, 2.24) is 29.6 Å². The zero-order valence-electron chi connectivity index (χ0n) is 19.6. The molecule has 176 valence electrons. The molecular weight excluding hydrogens is 430 g/mol. The molecule has 0 saturated carbocycles. The molecule has 1 saturated heterocycles. The Balaban J connectivity index is 1.89. The number of alkyl halides is 2. The quantitative estimate of drug-likeness (QED) is 0.628. The van der Waals surface area contributed by atoms with Crippen molar-refractivity contribution in [3.8, 4) is 5.82 Å². The van der Waals surface area contributed by atoms with Crippen LogP contribution >= 0.6 is 0 Å². The van der Waals surface area contributed by atoms with Gasteiger partial charge in [0.2, 0.25) is 11.7 Å². The topological polar surface area (TPSA) is 92.1 Å². The molecule has 1 aliphatic rings. The highest BCUT2D eigenvalue weighted by atomic mass is 19.3. The first-order valence-corrected chi connectivity index (χ1v) is 10.8. The van der Waals surface area contributed by atoms with Crippen molar-refractivity contribution < 1.29 is 13.6 Å². The summed E-state index contributed by atoms with van der Waals surface area (Å²) < 4.78 is 29.6. The largest absolute Gasteiger partial charge is 0.353 e. The second kappa shape index (κ2) is 8.29. The Hall–Kier alpha value is -3.21. The zero-order chi connectivity index (χ0) is 24.1. The number of nitrogens with zero attached hydrogens (tertiary/aromatic N) is 7. The van der Waals surface area contributed by atoms with Crippen LogP contribution in [0, 0.1) is 12.8 Å². The van der Waals surface area contributed by atoms with Gasteiger partial charge in [0.15, 0.2) is 11.6 Å². The molecule has 0 radical (unpaired) electrons. The number of anilines is 2. The summed E-state index contributed by atoms with van der Waals surface area (Å²) in [4.78, 5) is 28.3. The van der Waals surface area contributed by atoms with Gasteiger partial charge in [0.1, 0.15) is 5.82 Å². The van der Waals surface area contributed by atoms with Crippen LogP contribution in [-0.4, -0.2) is 68.8 Å². The number of amides is 1. The molecular formula is C22H28F2N8O. The maximum Gasteiger partial charge on any atom is 0.303 e. The first kappa shape index (κ1) is 23.0. The third kappa shape index (κ3) is 4.50. The summed E-state index contributed by atoms with van der Waals surface area (Å²) in [6.07, 6.45) is 1.65. The van der Waals surface area contributed by atoms with Gasteiger partial charge in [-0.05, 0) is 26.9 Å². The van der Waals surface area contributed by atoms with E-state index in [1.807, 2.05) is 0 Å². The van der Waals surface area contributed by atoms with Gasteiger partial charge in [-0.25, -0.2) is 19.6 Å². The Morgan fingerprint density at radius 3 is 2.58 bits per heavy atom. The molecule has 33 heavy (non-hydrogen) atoms. The van der Waals surface area contributed by atoms with Crippen molar-refractivity contribution in [3.05, 3.63) is 29.8 Å². The van der Waals surface area contributed by atoms with E-state index in [4.69, 9.17) is 5.10 Å². The van der Waals surface area contributed by atoms with E-state index in [0.29, 0.717) is 34.8 Å². The minimum absolute atomic E-state index is 0.228. The van der Waals surface area contributed by atoms with Crippen molar-refractivity contribution in [2.75, 3.05) is 37.4 Å². The van der Waals surface area contributed by atoms with Crippen LogP contribution in [0.4, 0.5) is 20.4 Å². The first-order chi connectivity index (χ1) is 15.4. The molecule has 2 atom stereocenters. The second-order valence-electron chi connectivity index (χ2n) is 9.00. The Kier molecular flexibility index (Phi) is 5.77. The Morgan fingerprint density at radius 1 is 1.24 bits per heavy atom. The summed E-state index contributed by atoms with van der Waals surface area (Å²) in [6, 6.07) is 3.64. The molecule has 1 fully saturated rings. The van der Waals surface area contributed by atoms with Gasteiger partial charge in [-0.2, -0.15) is 8.78 Å². The van der Waals surface area contributed by atoms with Gasteiger partial charge < -0.3 is 15.1 Å². The number of pyridine rings is 1. The summed E-state index contributed by atoms with van der Waals surface area (Å²) in [7, 11) is 4.11. The predicted octanol–water partition coefficient (Wildman–Crippen LogP) is 2.98. The average molecular weight is 459 g/mol. The number of hydrogen-bond donors (Lipinski definition) is 1. The number of aromatic nitrogens is 5. The van der Waals surface area contributed by atoms with Crippen molar-refractivity contribution >= 4 is 28.4 Å². The second-order valence-corrected chi connectivity index (χ2v) is 9.00. The highest BCUT2D eigenvalue weighted by Gasteiger charge is 2.34. The van der Waals surface area contributed by atoms with Crippen molar-refractivity contribution in [2.45, 2.75) is 39.7 Å². The van der Waals surface area contributed by atoms with E-state index >= 15 is 0 Å². The van der Waals surface area contributed by atoms with E-state index in [1.54, 1.807) is 25.3 Å². The number of carbonyl (C=O) groups excluding carboxylic acids is 1. The fraction of sp³-hybridized carbons (Fsp3) is 0.500. The highest BCUT2D eigenvalue weighted by molar-refractivity contribution is 5.95. The minimum Gasteiger partial charge on any atom is -0.353 e. The zero-order valence-corrected chi connectivity index (χ0v) is 19.6. The molecule has 0 aromatic carbocycles. The predicted molar refractivity (Wildman–Crippen MR) is 122 cm³/mol. The highest BCUT2D eigenvalue weighted by Crippen LogP contribution is 2.34. The fourth-order valence-corrected chi connectivity index (χ4v) is 4.30. The summed E-state index contributed by atoms with van der Waals surface area (Å²) in [5.41, 5.74) is 1.01. The van der Waals surface area contributed by atoms with Crippen LogP contribution in [0.1, 0.15) is 32.3 Å². The van der Waals surface area contributed by atoms with E-state index in [0.717, 1.165) is 25.4 Å². The lowest BCUT2D eigenvalue weighted by Crippen LogP contribution is -2.34. The molecule has 0 spiro atoms. The standard InChI is InChI=1S/C22H28F2N8O/c1-12-10-31(11-17(12)30(5)6)20-15-9-25-18(27-14(3)33)8-16(15)32(29-20)19-7-13(2)26-21(28-19)22(4,23)24/h7-9,12,17H,10-11H2,1-6H3,(H,25,27,33)/t12-,17+/m0/s1. The van der Waals surface area contributed by atoms with Gasteiger partial charge in [0.05, 0.1) is 10.9 Å². The summed E-state index contributed by atoms with van der Waals surface area (Å²) in [6.45, 7) is 7.56. The molecule has 4 heterocycles. The number of likely N-dealkylation sites (N-methyl/N-ethyl adjacent to an activating group) is 1. The SMILES string of the molecule is CC(=O)Nc1cc2c(cn1)c(N1C[C@@H](N(C)C)[C@@H](C)C1)nn2-c1cc(C)nc(C(C)(F)F)n1. The van der Waals surface area contributed by atoms with Crippen LogP contribution < -0.4 is 10.2 Å². The van der Waals surface area contributed by atoms with Crippen molar-refractivity contribution in [2.24, 2.45) is 5.92 Å². The number of rotatable bonds is 5. The minimum atomic E-state index is -3.20. The molecule has 1 amide bonds. The monoisotopic (exact) mass is 458 g/mol. The lowest BCUT2D eigenvalue weighted by atomic mass is 10.1. The van der Waals surface area contributed by atoms with Crippen LogP contribution in [0.3, 0.4) is 0 Å². The van der Waals surface area contributed by atoms with Crippen molar-refractivity contribution in [1.29, 1.82) is 0 Å². The Bertz CT molecular complexity index is 1200. The van der Waals surface area contributed by atoms with Gasteiger partial charge >= 0.3 is 5.92 Å². The van der Waals surface area contributed by atoms with E-state index < -0.39 is 11.7 Å². The lowest BCUT2D eigenvalue weighted by molar-refractivity contribution is -0.114. The molecule has 3 aromatic heterocycles. The number of hydrogen-bond acceptors (Lipinski definition) is 7. The number of fused-ring (bicyclic) bond motifs is 1. The van der Waals surface area contributed by atoms with Gasteiger partial charge in [0, 0.05) is 57.0 Å². The molecule has 0 unspecified atom stereocenters. The van der Waals surface area contributed by atoms with Gasteiger partial charge in [-0.15, -0.1) is 5.10 Å². The molecule has 1 N–H and O–H groups in total. The van der Waals surface area contributed by atoms with Crippen molar-refractivity contribution in [3.63, 3.8) is 0 Å². The Labute approximate surface area is 190 Å². The number of halogens is 2. The summed E-state index contributed by atoms with van der Waals surface area (Å²) in [5.74, 6) is -2.34. The Morgan fingerprint density at radius 2 is 1.97 bits per heavy atom. The fourth-order valence-electron chi connectivity index (χ4n) is 4.30. The third-order valence-corrected chi connectivity index (χ3v) is 5.84. The van der Waals surface area contributed by atoms with Crippen LogP contribution in [0.15, 0.2) is 18.3 Å². The van der Waals surface area contributed by atoms with Gasteiger partial charge in [-0.1, -0.05) is 6.92 Å². The van der Waals surface area contributed by atoms with E-state index in [2.05, 4.69) is 51.1 Å². The van der Waals surface area contributed by atoms with E-state index in [-0.39, 0.29) is 11.7 Å². The van der Waals surface area contributed by atoms with Crippen LogP contribution in [0.2, 0.25) is 0 Å². The maximum absolute atomic E-state index is 14.0. The first-order valence-electron chi connectivity index (χ1n) is 10.8. The van der Waals surface area contributed by atoms with Crippen LogP contribution in [-0.2, 0) is 10.7 Å². The average Bonchev–Trinajstić information content (AvgIpc) is 3.26. The van der Waals surface area contributed by atoms with E-state index in [1.165, 1.54) is 11.6 Å². The summed E-state index contributed by atoms with van der Waals surface area (Å²) >= 11 is 0. The van der Waals surface area contributed by atoms with Crippen LogP contribution in [0.25, 0.3) is 16.7 Å². The number of nitrogens with one attached hydrogen (secondary N) is 1. The molecule has 11 heteroatoms. The number of aryl methyl sites for hydroxylation is 1. The molecule has 1 aliphatic heterocycles. The normalized spacial score (nSPS) is 19.0. The lowest BCUT2D eigenvalue weighted by Gasteiger charge is -2.22. The molecule has 3 aromatic rings. The maximum atomic E-state index is 14.0. The molecule has 9 nitrogen and oxygen atoms in total. The molecule has 0 aliphatic carbocycles. The third-order valence-electron chi connectivity index (χ3n) is 5.84.